The highest BCUT2D eigenvalue weighted by Gasteiger charge is 2.12. The minimum absolute atomic E-state index is 0.327. The van der Waals surface area contributed by atoms with Crippen molar-refractivity contribution >= 4 is 16.9 Å². The van der Waals surface area contributed by atoms with E-state index in [2.05, 4.69) is 30.3 Å². The molecular weight excluding hydrogens is 324 g/mol. The van der Waals surface area contributed by atoms with E-state index in [0.717, 1.165) is 27.6 Å². The van der Waals surface area contributed by atoms with E-state index in [4.69, 9.17) is 9.84 Å². The van der Waals surface area contributed by atoms with Crippen LogP contribution < -0.4 is 4.74 Å². The molecule has 0 aliphatic rings. The molecule has 3 heteroatoms. The SMILES string of the molecule is O=C(O)Oc1ccc(-c2ccc3ccccc3c2)cc1-c1ccccc1. The second-order valence-electron chi connectivity index (χ2n) is 6.01. The molecule has 0 radical (unpaired) electrons. The molecule has 0 saturated heterocycles. The van der Waals surface area contributed by atoms with Gasteiger partial charge in [-0.25, -0.2) is 4.79 Å². The summed E-state index contributed by atoms with van der Waals surface area (Å²) in [6.07, 6.45) is -1.32. The van der Waals surface area contributed by atoms with Crippen LogP contribution in [0.3, 0.4) is 0 Å². The first-order valence-electron chi connectivity index (χ1n) is 8.30. The monoisotopic (exact) mass is 340 g/mol. The van der Waals surface area contributed by atoms with Gasteiger partial charge in [-0.1, -0.05) is 72.8 Å². The zero-order chi connectivity index (χ0) is 17.9. The summed E-state index contributed by atoms with van der Waals surface area (Å²) in [6.45, 7) is 0. The quantitative estimate of drug-likeness (QED) is 0.355. The zero-order valence-corrected chi connectivity index (χ0v) is 13.9. The highest BCUT2D eigenvalue weighted by Crippen LogP contribution is 2.35. The van der Waals surface area contributed by atoms with Crippen LogP contribution in [0.5, 0.6) is 5.75 Å². The Morgan fingerprint density at radius 2 is 1.31 bits per heavy atom. The molecular formula is C23H16O3. The Morgan fingerprint density at radius 3 is 2.08 bits per heavy atom. The summed E-state index contributed by atoms with van der Waals surface area (Å²) in [5.74, 6) is 0.327. The van der Waals surface area contributed by atoms with Gasteiger partial charge in [-0.05, 0) is 45.7 Å². The summed E-state index contributed by atoms with van der Waals surface area (Å²) >= 11 is 0. The van der Waals surface area contributed by atoms with Crippen LogP contribution in [0.2, 0.25) is 0 Å². The number of carboxylic acid groups (broad SMARTS) is 1. The van der Waals surface area contributed by atoms with Crippen molar-refractivity contribution in [3.05, 3.63) is 91.0 Å². The molecule has 0 aliphatic carbocycles. The van der Waals surface area contributed by atoms with Gasteiger partial charge in [0.15, 0.2) is 0 Å². The smallest absolute Gasteiger partial charge is 0.449 e. The third-order valence-corrected chi connectivity index (χ3v) is 4.34. The molecule has 4 rings (SSSR count). The highest BCUT2D eigenvalue weighted by atomic mass is 16.7. The fourth-order valence-corrected chi connectivity index (χ4v) is 3.10. The number of fused-ring (bicyclic) bond motifs is 1. The van der Waals surface area contributed by atoms with Crippen molar-refractivity contribution < 1.29 is 14.6 Å². The average molecular weight is 340 g/mol. The molecule has 0 fully saturated rings. The van der Waals surface area contributed by atoms with Crippen molar-refractivity contribution in [3.63, 3.8) is 0 Å². The maximum Gasteiger partial charge on any atom is 0.511 e. The van der Waals surface area contributed by atoms with Crippen LogP contribution in [-0.2, 0) is 0 Å². The van der Waals surface area contributed by atoms with E-state index in [9.17, 15) is 4.79 Å². The first kappa shape index (κ1) is 15.9. The van der Waals surface area contributed by atoms with Gasteiger partial charge < -0.3 is 9.84 Å². The second kappa shape index (κ2) is 6.73. The Bertz CT molecular complexity index is 1080. The van der Waals surface area contributed by atoms with Crippen molar-refractivity contribution in [2.75, 3.05) is 0 Å². The molecule has 0 aromatic heterocycles. The Labute approximate surface area is 151 Å². The van der Waals surface area contributed by atoms with E-state index < -0.39 is 6.16 Å². The molecule has 0 aliphatic heterocycles. The van der Waals surface area contributed by atoms with Gasteiger partial charge in [0, 0.05) is 5.56 Å². The third kappa shape index (κ3) is 3.15. The Hall–Kier alpha value is -3.59. The summed E-state index contributed by atoms with van der Waals surface area (Å²) in [7, 11) is 0. The predicted octanol–water partition coefficient (Wildman–Crippen LogP) is 6.23. The first-order chi connectivity index (χ1) is 12.7. The molecule has 126 valence electrons. The van der Waals surface area contributed by atoms with Gasteiger partial charge in [0.25, 0.3) is 0 Å². The number of benzene rings is 4. The summed E-state index contributed by atoms with van der Waals surface area (Å²) < 4.78 is 4.98. The maximum atomic E-state index is 11.0. The van der Waals surface area contributed by atoms with Crippen molar-refractivity contribution in [3.8, 4) is 28.0 Å². The fraction of sp³-hybridized carbons (Fsp3) is 0. The molecule has 0 atom stereocenters. The molecule has 3 nitrogen and oxygen atoms in total. The van der Waals surface area contributed by atoms with E-state index >= 15 is 0 Å². The first-order valence-corrected chi connectivity index (χ1v) is 8.30. The fourth-order valence-electron chi connectivity index (χ4n) is 3.10. The van der Waals surface area contributed by atoms with Gasteiger partial charge in [0.05, 0.1) is 0 Å². The van der Waals surface area contributed by atoms with Crippen LogP contribution in [0.4, 0.5) is 4.79 Å². The van der Waals surface area contributed by atoms with Crippen LogP contribution in [0, 0.1) is 0 Å². The molecule has 0 spiro atoms. The van der Waals surface area contributed by atoms with Crippen LogP contribution in [0.1, 0.15) is 0 Å². The van der Waals surface area contributed by atoms with Gasteiger partial charge >= 0.3 is 6.16 Å². The van der Waals surface area contributed by atoms with Gasteiger partial charge in [-0.2, -0.15) is 0 Å². The topological polar surface area (TPSA) is 46.5 Å². The van der Waals surface area contributed by atoms with Crippen molar-refractivity contribution in [2.45, 2.75) is 0 Å². The van der Waals surface area contributed by atoms with E-state index in [1.54, 1.807) is 6.07 Å². The number of hydrogen-bond acceptors (Lipinski definition) is 2. The number of rotatable bonds is 3. The molecule has 0 bridgehead atoms. The lowest BCUT2D eigenvalue weighted by Gasteiger charge is -2.12. The molecule has 0 saturated carbocycles. The van der Waals surface area contributed by atoms with E-state index in [0.29, 0.717) is 5.75 Å². The molecule has 0 unspecified atom stereocenters. The van der Waals surface area contributed by atoms with E-state index in [1.807, 2.05) is 54.6 Å². The third-order valence-electron chi connectivity index (χ3n) is 4.34. The highest BCUT2D eigenvalue weighted by molar-refractivity contribution is 5.88. The summed E-state index contributed by atoms with van der Waals surface area (Å²) in [5.41, 5.74) is 3.74. The summed E-state index contributed by atoms with van der Waals surface area (Å²) in [6, 6.07) is 29.7. The summed E-state index contributed by atoms with van der Waals surface area (Å²) in [5, 5.41) is 11.4. The number of hydrogen-bond donors (Lipinski definition) is 1. The zero-order valence-electron chi connectivity index (χ0n) is 13.9. The van der Waals surface area contributed by atoms with Crippen LogP contribution in [0.15, 0.2) is 91.0 Å². The maximum absolute atomic E-state index is 11.0. The van der Waals surface area contributed by atoms with Gasteiger partial charge in [0.2, 0.25) is 0 Å². The van der Waals surface area contributed by atoms with Crippen LogP contribution in [0.25, 0.3) is 33.0 Å². The molecule has 0 amide bonds. The van der Waals surface area contributed by atoms with Gasteiger partial charge in [-0.15, -0.1) is 0 Å². The van der Waals surface area contributed by atoms with Crippen molar-refractivity contribution in [1.29, 1.82) is 0 Å². The Morgan fingerprint density at radius 1 is 0.654 bits per heavy atom. The van der Waals surface area contributed by atoms with E-state index in [1.165, 1.54) is 5.39 Å². The lowest BCUT2D eigenvalue weighted by atomic mass is 9.96. The standard InChI is InChI=1S/C23H16O3/c24-23(25)26-22-13-12-20(15-21(22)17-7-2-1-3-8-17)19-11-10-16-6-4-5-9-18(16)14-19/h1-15H,(H,24,25). The lowest BCUT2D eigenvalue weighted by molar-refractivity contribution is 0.144. The minimum Gasteiger partial charge on any atom is -0.449 e. The molecule has 1 N–H and O–H groups in total. The predicted molar refractivity (Wildman–Crippen MR) is 103 cm³/mol. The molecule has 0 heterocycles. The Kier molecular flexibility index (Phi) is 4.12. The Balaban J connectivity index is 1.85. The van der Waals surface area contributed by atoms with Crippen LogP contribution in [-0.4, -0.2) is 11.3 Å². The van der Waals surface area contributed by atoms with Crippen LogP contribution >= 0.6 is 0 Å². The van der Waals surface area contributed by atoms with Gasteiger partial charge in [-0.3, -0.25) is 0 Å². The molecule has 4 aromatic carbocycles. The normalized spacial score (nSPS) is 10.6. The second-order valence-corrected chi connectivity index (χ2v) is 6.01. The number of ether oxygens (including phenoxy) is 1. The summed E-state index contributed by atoms with van der Waals surface area (Å²) in [4.78, 5) is 11.0. The largest absolute Gasteiger partial charge is 0.511 e. The average Bonchev–Trinajstić information content (AvgIpc) is 2.68. The molecule has 4 aromatic rings. The molecule has 26 heavy (non-hydrogen) atoms. The minimum atomic E-state index is -1.32. The van der Waals surface area contributed by atoms with E-state index in [-0.39, 0.29) is 0 Å². The lowest BCUT2D eigenvalue weighted by Crippen LogP contribution is -2.04. The van der Waals surface area contributed by atoms with Gasteiger partial charge in [0.1, 0.15) is 5.75 Å². The number of carbonyl (C=O) groups is 1. The van der Waals surface area contributed by atoms with Crippen molar-refractivity contribution in [1.82, 2.24) is 0 Å². The van der Waals surface area contributed by atoms with Crippen molar-refractivity contribution in [2.24, 2.45) is 0 Å².